The van der Waals surface area contributed by atoms with E-state index in [1.807, 2.05) is 0 Å². The van der Waals surface area contributed by atoms with Crippen LogP contribution in [0.4, 0.5) is 0 Å². The van der Waals surface area contributed by atoms with Crippen LogP contribution in [0.25, 0.3) is 0 Å². The molecular weight excluding hydrogens is 880 g/mol. The van der Waals surface area contributed by atoms with Crippen LogP contribution >= 0.6 is 12.4 Å². The maximum atomic E-state index is 13.8. The highest BCUT2D eigenvalue weighted by atomic mass is 35.5. The number of nitrogens with zero attached hydrogens (tertiary/aromatic N) is 6. The number of hydrogen-bond acceptors (Lipinski definition) is 12. The van der Waals surface area contributed by atoms with E-state index in [9.17, 15) is 47.9 Å². The van der Waals surface area contributed by atoms with Gasteiger partial charge < -0.3 is 62.1 Å². The average molecular weight is 948 g/mol. The van der Waals surface area contributed by atoms with E-state index in [0.717, 1.165) is 14.7 Å². The minimum atomic E-state index is -1.29. The fourth-order valence-electron chi connectivity index (χ4n) is 8.21. The Hall–Kier alpha value is -5.87. The van der Waals surface area contributed by atoms with E-state index in [4.69, 9.17) is 11.5 Å². The molecular formula is C43H67ClN12O10. The summed E-state index contributed by atoms with van der Waals surface area (Å²) in [7, 11) is 5.53. The number of rotatable bonds is 2. The molecule has 4 rings (SSSR count). The first kappa shape index (κ1) is 54.5. The lowest BCUT2D eigenvalue weighted by molar-refractivity contribution is -0.146. The van der Waals surface area contributed by atoms with Crippen LogP contribution in [-0.2, 0) is 47.9 Å². The Morgan fingerprint density at radius 3 is 1.41 bits per heavy atom. The number of benzene rings is 1. The molecule has 22 nitrogen and oxygen atoms in total. The standard InChI is InChI=1S/C43H66N12O10.ClH/c1-26(2)36-40(62)46-20-28(44)42(64)54-18-12-10-16-30(54)38(60)49-23-33(57)51(4)25-35(59)53(6)37(27-14-8-7-9-15-27)41(63)47-21-29(45)43(65)55-19-13-11-17-31(55)39(61)48-22-32(56)50(3)24-34(58)52(36)5;/h7-9,14-15,26,28-31,36-37H,10-13,16-25,44-45H2,1-6H3,(H,46,62)(H,47,63)(H,48,61)(H,49,60);1H/t28-,29-,30+,31+,36+,37+;/m1./s1. The van der Waals surface area contributed by atoms with Crippen LogP contribution in [0.5, 0.6) is 0 Å². The lowest BCUT2D eigenvalue weighted by Gasteiger charge is -2.36. The molecule has 3 heterocycles. The number of halogens is 1. The molecule has 0 unspecified atom stereocenters. The van der Waals surface area contributed by atoms with Gasteiger partial charge in [0.2, 0.25) is 59.1 Å². The molecule has 0 aliphatic carbocycles. The van der Waals surface area contributed by atoms with Crippen molar-refractivity contribution in [1.29, 1.82) is 0 Å². The second kappa shape index (κ2) is 25.2. The SMILES string of the molecule is CC(C)[C@H]1C(=O)NC[C@@H](N)C(=O)N2CCCC[C@H]2C(=O)NCC(=O)N(C)CC(=O)N(C)[C@@H](c2ccccc2)C(=O)NC[C@@H](N)C(=O)N2CCCC[C@H]2C(=O)NCC(=O)N(C)CC(=O)N1C.Cl. The fraction of sp³-hybridized carbons (Fsp3) is 0.628. The number of fused-ring (bicyclic) bond motifs is 2. The highest BCUT2D eigenvalue weighted by Crippen LogP contribution is 2.22. The molecule has 1 aromatic rings. The predicted molar refractivity (Wildman–Crippen MR) is 243 cm³/mol. The summed E-state index contributed by atoms with van der Waals surface area (Å²) < 4.78 is 0. The number of likely N-dealkylation sites (N-methyl/N-ethyl adjacent to an activating group) is 4. The number of nitrogens with one attached hydrogen (secondary N) is 4. The molecule has 0 radical (unpaired) electrons. The number of carbonyl (C=O) groups is 10. The van der Waals surface area contributed by atoms with Gasteiger partial charge in [0.1, 0.15) is 36.3 Å². The summed E-state index contributed by atoms with van der Waals surface area (Å²) in [5.41, 5.74) is 13.0. The molecule has 3 aliphatic rings. The molecule has 3 fully saturated rings. The number of piperidine rings is 2. The van der Waals surface area contributed by atoms with Crippen molar-refractivity contribution in [2.24, 2.45) is 17.4 Å². The monoisotopic (exact) mass is 946 g/mol. The summed E-state index contributed by atoms with van der Waals surface area (Å²) in [4.78, 5) is 142. The molecule has 3 saturated heterocycles. The smallest absolute Gasteiger partial charge is 0.247 e. The van der Waals surface area contributed by atoms with E-state index in [0.29, 0.717) is 31.2 Å². The highest BCUT2D eigenvalue weighted by molar-refractivity contribution is 5.96. The first-order chi connectivity index (χ1) is 30.7. The van der Waals surface area contributed by atoms with Crippen molar-refractivity contribution >= 4 is 71.5 Å². The summed E-state index contributed by atoms with van der Waals surface area (Å²) in [6, 6.07) is 1.63. The lowest BCUT2D eigenvalue weighted by atomic mass is 9.99. The zero-order chi connectivity index (χ0) is 48.1. The zero-order valence-corrected chi connectivity index (χ0v) is 39.5. The Balaban J connectivity index is 0.0000116. The molecule has 366 valence electrons. The van der Waals surface area contributed by atoms with Crippen LogP contribution < -0.4 is 32.7 Å². The van der Waals surface area contributed by atoms with Crippen LogP contribution in [0.1, 0.15) is 64.0 Å². The van der Waals surface area contributed by atoms with E-state index in [2.05, 4.69) is 21.3 Å². The number of nitrogens with two attached hydrogens (primary N) is 2. The van der Waals surface area contributed by atoms with Crippen molar-refractivity contribution in [3.8, 4) is 0 Å². The van der Waals surface area contributed by atoms with E-state index in [1.165, 1.54) is 42.9 Å². The molecule has 3 aliphatic heterocycles. The molecule has 0 saturated carbocycles. The molecule has 0 bridgehead atoms. The van der Waals surface area contributed by atoms with Gasteiger partial charge in [0.25, 0.3) is 0 Å². The number of amides is 10. The van der Waals surface area contributed by atoms with E-state index in [-0.39, 0.29) is 51.4 Å². The zero-order valence-electron chi connectivity index (χ0n) is 38.7. The Morgan fingerprint density at radius 1 is 0.545 bits per heavy atom. The van der Waals surface area contributed by atoms with Crippen LogP contribution in [0.3, 0.4) is 0 Å². The maximum Gasteiger partial charge on any atom is 0.247 e. The van der Waals surface area contributed by atoms with Gasteiger partial charge in [-0.05, 0) is 50.0 Å². The molecule has 66 heavy (non-hydrogen) atoms. The van der Waals surface area contributed by atoms with Crippen molar-refractivity contribution in [3.05, 3.63) is 35.9 Å². The van der Waals surface area contributed by atoms with Gasteiger partial charge in [0, 0.05) is 54.4 Å². The van der Waals surface area contributed by atoms with Crippen molar-refractivity contribution in [2.75, 3.05) is 80.5 Å². The summed E-state index contributed by atoms with van der Waals surface area (Å²) in [6.07, 6.45) is 2.97. The van der Waals surface area contributed by atoms with Gasteiger partial charge in [0.15, 0.2) is 0 Å². The minimum Gasteiger partial charge on any atom is -0.352 e. The number of hydrogen-bond donors (Lipinski definition) is 6. The van der Waals surface area contributed by atoms with Gasteiger partial charge in [0.05, 0.1) is 26.2 Å². The third-order valence-corrected chi connectivity index (χ3v) is 12.1. The molecule has 10 amide bonds. The molecule has 6 atom stereocenters. The van der Waals surface area contributed by atoms with Gasteiger partial charge in [-0.1, -0.05) is 44.2 Å². The van der Waals surface area contributed by atoms with E-state index < -0.39 is 127 Å². The van der Waals surface area contributed by atoms with Crippen molar-refractivity contribution in [3.63, 3.8) is 0 Å². The Labute approximate surface area is 391 Å². The van der Waals surface area contributed by atoms with Crippen LogP contribution in [0.2, 0.25) is 0 Å². The molecule has 8 N–H and O–H groups in total. The van der Waals surface area contributed by atoms with Gasteiger partial charge in [-0.25, -0.2) is 0 Å². The fourth-order valence-corrected chi connectivity index (χ4v) is 8.21. The summed E-state index contributed by atoms with van der Waals surface area (Å²) >= 11 is 0. The largest absolute Gasteiger partial charge is 0.352 e. The second-order valence-electron chi connectivity index (χ2n) is 17.2. The highest BCUT2D eigenvalue weighted by Gasteiger charge is 2.38. The van der Waals surface area contributed by atoms with Crippen LogP contribution in [-0.4, -0.2) is 199 Å². The molecule has 0 aromatic heterocycles. The third-order valence-electron chi connectivity index (χ3n) is 12.1. The summed E-state index contributed by atoms with van der Waals surface area (Å²) in [5, 5.41) is 10.5. The summed E-state index contributed by atoms with van der Waals surface area (Å²) in [5.74, 6) is -6.57. The Kier molecular flexibility index (Phi) is 20.8. The first-order valence-corrected chi connectivity index (χ1v) is 22.0. The quantitative estimate of drug-likeness (QED) is 0.172. The molecule has 1 aromatic carbocycles. The van der Waals surface area contributed by atoms with Crippen molar-refractivity contribution < 1.29 is 47.9 Å². The van der Waals surface area contributed by atoms with Crippen molar-refractivity contribution in [2.45, 2.75) is 88.6 Å². The van der Waals surface area contributed by atoms with Crippen LogP contribution in [0.15, 0.2) is 30.3 Å². The normalized spacial score (nSPS) is 26.6. The van der Waals surface area contributed by atoms with E-state index in [1.54, 1.807) is 44.2 Å². The molecule has 0 spiro atoms. The minimum absolute atomic E-state index is 0. The number of carbonyl (C=O) groups excluding carboxylic acids is 10. The van der Waals surface area contributed by atoms with Gasteiger partial charge >= 0.3 is 0 Å². The second-order valence-corrected chi connectivity index (χ2v) is 17.2. The Morgan fingerprint density at radius 2 is 0.970 bits per heavy atom. The third kappa shape index (κ3) is 14.1. The maximum absolute atomic E-state index is 13.8. The Bertz CT molecular complexity index is 1940. The lowest BCUT2D eigenvalue weighted by Crippen LogP contribution is -2.60. The first-order valence-electron chi connectivity index (χ1n) is 22.0. The van der Waals surface area contributed by atoms with Crippen LogP contribution in [0, 0.1) is 5.92 Å². The average Bonchev–Trinajstić information content (AvgIpc) is 3.29. The topological polar surface area (TPSA) is 290 Å². The van der Waals surface area contributed by atoms with E-state index >= 15 is 0 Å². The van der Waals surface area contributed by atoms with Gasteiger partial charge in [-0.15, -0.1) is 12.4 Å². The van der Waals surface area contributed by atoms with Crippen molar-refractivity contribution in [1.82, 2.24) is 50.7 Å². The predicted octanol–water partition coefficient (Wildman–Crippen LogP) is -3.10. The summed E-state index contributed by atoms with van der Waals surface area (Å²) in [6.45, 7) is 1.24. The van der Waals surface area contributed by atoms with Gasteiger partial charge in [-0.2, -0.15) is 0 Å². The van der Waals surface area contributed by atoms with Gasteiger partial charge in [-0.3, -0.25) is 47.9 Å². The molecule has 23 heteroatoms.